The van der Waals surface area contributed by atoms with E-state index in [4.69, 9.17) is 5.73 Å². The number of hydrogen-bond acceptors (Lipinski definition) is 4. The molecule has 5 nitrogen and oxygen atoms in total. The van der Waals surface area contributed by atoms with Crippen LogP contribution in [0.15, 0.2) is 41.8 Å². The van der Waals surface area contributed by atoms with Gasteiger partial charge in [0, 0.05) is 18.0 Å². The van der Waals surface area contributed by atoms with Gasteiger partial charge in [0.25, 0.3) is 0 Å². The standard InChI is InChI=1S/C21H27N3O2S/c1-23(2)15-19(25)24-11-9-21(10-12-24,20(22)26)14-16-5-7-17(8-6-16)18-4-3-13-27-18/h3-8,13H,9-12,14-15H2,1-2H3,(H2,22,26). The summed E-state index contributed by atoms with van der Waals surface area (Å²) < 4.78 is 0. The van der Waals surface area contributed by atoms with Crippen LogP contribution >= 0.6 is 11.3 Å². The van der Waals surface area contributed by atoms with Crippen molar-refractivity contribution in [1.82, 2.24) is 9.80 Å². The number of benzene rings is 1. The molecule has 27 heavy (non-hydrogen) atoms. The fourth-order valence-corrected chi connectivity index (χ4v) is 4.42. The van der Waals surface area contributed by atoms with Gasteiger partial charge in [0.05, 0.1) is 12.0 Å². The van der Waals surface area contributed by atoms with Gasteiger partial charge in [-0.15, -0.1) is 11.3 Å². The van der Waals surface area contributed by atoms with Gasteiger partial charge in [-0.3, -0.25) is 9.59 Å². The van der Waals surface area contributed by atoms with Crippen LogP contribution in [0.1, 0.15) is 18.4 Å². The van der Waals surface area contributed by atoms with Crippen LogP contribution in [0.5, 0.6) is 0 Å². The van der Waals surface area contributed by atoms with Crippen LogP contribution in [0, 0.1) is 5.41 Å². The molecule has 0 spiro atoms. The van der Waals surface area contributed by atoms with E-state index in [2.05, 4.69) is 35.7 Å². The number of amides is 2. The molecule has 1 aromatic carbocycles. The molecule has 0 saturated carbocycles. The molecule has 2 heterocycles. The highest BCUT2D eigenvalue weighted by molar-refractivity contribution is 7.13. The van der Waals surface area contributed by atoms with Crippen molar-refractivity contribution in [2.24, 2.45) is 11.1 Å². The van der Waals surface area contributed by atoms with Gasteiger partial charge in [-0.1, -0.05) is 30.3 Å². The lowest BCUT2D eigenvalue weighted by molar-refractivity contribution is -0.139. The summed E-state index contributed by atoms with van der Waals surface area (Å²) in [6, 6.07) is 12.5. The molecule has 1 saturated heterocycles. The minimum absolute atomic E-state index is 0.110. The third-order valence-electron chi connectivity index (χ3n) is 5.35. The van der Waals surface area contributed by atoms with Crippen molar-refractivity contribution in [2.45, 2.75) is 19.3 Å². The van der Waals surface area contributed by atoms with Gasteiger partial charge in [-0.25, -0.2) is 0 Å². The highest BCUT2D eigenvalue weighted by atomic mass is 32.1. The normalized spacial score (nSPS) is 16.5. The number of likely N-dealkylation sites (N-methyl/N-ethyl adjacent to an activating group) is 1. The van der Waals surface area contributed by atoms with Crippen molar-refractivity contribution in [3.63, 3.8) is 0 Å². The summed E-state index contributed by atoms with van der Waals surface area (Å²) in [6.45, 7) is 1.57. The molecule has 0 unspecified atom stereocenters. The molecule has 0 atom stereocenters. The van der Waals surface area contributed by atoms with Crippen molar-refractivity contribution < 1.29 is 9.59 Å². The maximum atomic E-state index is 12.3. The van der Waals surface area contributed by atoms with E-state index in [0.29, 0.717) is 38.9 Å². The summed E-state index contributed by atoms with van der Waals surface area (Å²) in [5.74, 6) is -0.150. The van der Waals surface area contributed by atoms with Gasteiger partial charge < -0.3 is 15.5 Å². The average molecular weight is 386 g/mol. The van der Waals surface area contributed by atoms with Crippen molar-refractivity contribution in [3.05, 3.63) is 47.3 Å². The van der Waals surface area contributed by atoms with Crippen molar-refractivity contribution >= 4 is 23.2 Å². The van der Waals surface area contributed by atoms with Gasteiger partial charge in [0.1, 0.15) is 0 Å². The molecule has 2 N–H and O–H groups in total. The summed E-state index contributed by atoms with van der Waals surface area (Å²) in [7, 11) is 3.77. The predicted molar refractivity (Wildman–Crippen MR) is 109 cm³/mol. The van der Waals surface area contributed by atoms with Crippen LogP contribution in [0.2, 0.25) is 0 Å². The van der Waals surface area contributed by atoms with Crippen LogP contribution in [0.4, 0.5) is 0 Å². The Morgan fingerprint density at radius 3 is 2.33 bits per heavy atom. The number of primary amides is 1. The summed E-state index contributed by atoms with van der Waals surface area (Å²) in [5.41, 5.74) is 7.54. The molecule has 2 aromatic rings. The molecule has 0 radical (unpaired) electrons. The second-order valence-corrected chi connectivity index (χ2v) is 8.56. The molecule has 1 aliphatic heterocycles. The Balaban J connectivity index is 1.68. The molecule has 2 amide bonds. The zero-order valence-corrected chi connectivity index (χ0v) is 16.8. The van der Waals surface area contributed by atoms with Gasteiger partial charge in [-0.2, -0.15) is 0 Å². The number of piperidine rings is 1. The van der Waals surface area contributed by atoms with Crippen molar-refractivity contribution in [2.75, 3.05) is 33.7 Å². The lowest BCUT2D eigenvalue weighted by atomic mass is 9.73. The SMILES string of the molecule is CN(C)CC(=O)N1CCC(Cc2ccc(-c3cccs3)cc2)(C(N)=O)CC1. The number of thiophene rings is 1. The highest BCUT2D eigenvalue weighted by Crippen LogP contribution is 2.36. The highest BCUT2D eigenvalue weighted by Gasteiger charge is 2.40. The van der Waals surface area contributed by atoms with E-state index in [1.54, 1.807) is 11.3 Å². The second kappa shape index (κ2) is 8.23. The molecule has 3 rings (SSSR count). The van der Waals surface area contributed by atoms with E-state index < -0.39 is 5.41 Å². The molecular weight excluding hydrogens is 358 g/mol. The lowest BCUT2D eigenvalue weighted by Crippen LogP contribution is -2.51. The first-order valence-corrected chi connectivity index (χ1v) is 10.1. The van der Waals surface area contributed by atoms with Gasteiger partial charge in [-0.05, 0) is 55.9 Å². The van der Waals surface area contributed by atoms with Gasteiger partial charge in [0.15, 0.2) is 0 Å². The van der Waals surface area contributed by atoms with Crippen LogP contribution in [0.25, 0.3) is 10.4 Å². The number of nitrogens with two attached hydrogens (primary N) is 1. The number of carbonyl (C=O) groups is 2. The minimum Gasteiger partial charge on any atom is -0.369 e. The second-order valence-electron chi connectivity index (χ2n) is 7.61. The molecule has 1 aromatic heterocycles. The average Bonchev–Trinajstić information content (AvgIpc) is 3.17. The largest absolute Gasteiger partial charge is 0.369 e. The fourth-order valence-electron chi connectivity index (χ4n) is 3.69. The maximum Gasteiger partial charge on any atom is 0.236 e. The van der Waals surface area contributed by atoms with E-state index >= 15 is 0 Å². The Morgan fingerprint density at radius 2 is 1.81 bits per heavy atom. The molecule has 1 fully saturated rings. The predicted octanol–water partition coefficient (Wildman–Crippen LogP) is 2.61. The fraction of sp³-hybridized carbons (Fsp3) is 0.429. The van der Waals surface area contributed by atoms with Crippen LogP contribution in [-0.2, 0) is 16.0 Å². The molecule has 144 valence electrons. The smallest absolute Gasteiger partial charge is 0.236 e. The summed E-state index contributed by atoms with van der Waals surface area (Å²) in [6.07, 6.45) is 1.87. The van der Waals surface area contributed by atoms with E-state index in [9.17, 15) is 9.59 Å². The Labute approximate surface area is 164 Å². The van der Waals surface area contributed by atoms with E-state index in [-0.39, 0.29) is 11.8 Å². The zero-order chi connectivity index (χ0) is 19.4. The number of carbonyl (C=O) groups excluding carboxylic acids is 2. The van der Waals surface area contributed by atoms with Crippen LogP contribution in [-0.4, -0.2) is 55.3 Å². The Kier molecular flexibility index (Phi) is 5.97. The van der Waals surface area contributed by atoms with Crippen LogP contribution in [0.3, 0.4) is 0 Å². The monoisotopic (exact) mass is 385 g/mol. The summed E-state index contributed by atoms with van der Waals surface area (Å²) in [5, 5.41) is 2.07. The number of likely N-dealkylation sites (tertiary alicyclic amines) is 1. The van der Waals surface area contributed by atoms with Gasteiger partial charge >= 0.3 is 0 Å². The lowest BCUT2D eigenvalue weighted by Gasteiger charge is -2.40. The molecule has 6 heteroatoms. The first-order chi connectivity index (χ1) is 12.9. The third-order valence-corrected chi connectivity index (χ3v) is 6.27. The molecular formula is C21H27N3O2S. The number of nitrogens with zero attached hydrogens (tertiary/aromatic N) is 2. The first kappa shape index (κ1) is 19.6. The first-order valence-electron chi connectivity index (χ1n) is 9.25. The third kappa shape index (κ3) is 4.57. The quantitative estimate of drug-likeness (QED) is 0.831. The van der Waals surface area contributed by atoms with Crippen molar-refractivity contribution in [1.29, 1.82) is 0 Å². The summed E-state index contributed by atoms with van der Waals surface area (Å²) in [4.78, 5) is 29.5. The van der Waals surface area contributed by atoms with E-state index in [1.807, 2.05) is 30.0 Å². The number of hydrogen-bond donors (Lipinski definition) is 1. The molecule has 1 aliphatic rings. The zero-order valence-electron chi connectivity index (χ0n) is 16.0. The van der Waals surface area contributed by atoms with Crippen LogP contribution < -0.4 is 5.73 Å². The topological polar surface area (TPSA) is 66.6 Å². The Bertz CT molecular complexity index is 776. The summed E-state index contributed by atoms with van der Waals surface area (Å²) >= 11 is 1.71. The van der Waals surface area contributed by atoms with Crippen molar-refractivity contribution in [3.8, 4) is 10.4 Å². The van der Waals surface area contributed by atoms with Gasteiger partial charge in [0.2, 0.25) is 11.8 Å². The maximum absolute atomic E-state index is 12.3. The van der Waals surface area contributed by atoms with E-state index in [0.717, 1.165) is 5.56 Å². The number of rotatable bonds is 6. The van der Waals surface area contributed by atoms with E-state index in [1.165, 1.54) is 10.4 Å². The Hall–Kier alpha value is -2.18. The molecule has 0 aliphatic carbocycles. The Morgan fingerprint density at radius 1 is 1.15 bits per heavy atom. The minimum atomic E-state index is -0.570. The molecule has 0 bridgehead atoms.